The molecular formula is C23H46N2O. The van der Waals surface area contributed by atoms with Gasteiger partial charge in [-0.2, -0.15) is 0 Å². The Morgan fingerprint density at radius 2 is 1.62 bits per heavy atom. The van der Waals surface area contributed by atoms with E-state index >= 15 is 0 Å². The van der Waals surface area contributed by atoms with Gasteiger partial charge in [-0.25, -0.2) is 0 Å². The first-order valence-electron chi connectivity index (χ1n) is 10.5. The second kappa shape index (κ2) is 20.1. The maximum Gasteiger partial charge on any atom is 0.124 e. The predicted octanol–water partition coefficient (Wildman–Crippen LogP) is 6.32. The van der Waals surface area contributed by atoms with Crippen molar-refractivity contribution in [2.24, 2.45) is 11.3 Å². The minimum absolute atomic E-state index is 0.489. The topological polar surface area (TPSA) is 42.0 Å². The summed E-state index contributed by atoms with van der Waals surface area (Å²) in [5.74, 6) is 0.851. The summed E-state index contributed by atoms with van der Waals surface area (Å²) in [6, 6.07) is 4.42. The average molecular weight is 367 g/mol. The number of hydrogen-bond acceptors (Lipinski definition) is 3. The number of carbonyl (C=O) groups excluding carboxylic acids is 1. The summed E-state index contributed by atoms with van der Waals surface area (Å²) in [7, 11) is 2.08. The molecule has 1 heterocycles. The third-order valence-corrected chi connectivity index (χ3v) is 4.13. The van der Waals surface area contributed by atoms with E-state index < -0.39 is 0 Å². The number of aromatic nitrogens is 1. The number of nitrogens with one attached hydrogen (secondary N) is 1. The molecule has 2 rings (SSSR count). The summed E-state index contributed by atoms with van der Waals surface area (Å²) in [6.07, 6.45) is 8.83. The monoisotopic (exact) mass is 366 g/mol. The molecule has 1 N–H and O–H groups in total. The molecule has 1 aromatic rings. The van der Waals surface area contributed by atoms with E-state index in [1.165, 1.54) is 19.3 Å². The van der Waals surface area contributed by atoms with Crippen LogP contribution in [0.1, 0.15) is 87.1 Å². The fourth-order valence-electron chi connectivity index (χ4n) is 2.99. The highest BCUT2D eigenvalue weighted by Gasteiger charge is 2.31. The number of rotatable bonds is 3. The lowest BCUT2D eigenvalue weighted by atomic mass is 9.70. The normalized spacial score (nSPS) is 19.5. The molecule has 26 heavy (non-hydrogen) atoms. The van der Waals surface area contributed by atoms with Gasteiger partial charge in [-0.05, 0) is 55.3 Å². The standard InChI is InChI=1S/C10H21N.C7H7NO.3C2H6/c1-8-7-10(2,3)6-5-9(8)11-4;9-6-3-7-1-4-8-5-2-7;3*1-2/h8-9,11H,5-7H2,1-4H3;1-2,4-6H,3H2;3*1-2H3. The first kappa shape index (κ1) is 29.5. The Kier molecular flexibility index (Phi) is 22.8. The molecule has 154 valence electrons. The van der Waals surface area contributed by atoms with Crippen LogP contribution in [0, 0.1) is 11.3 Å². The summed E-state index contributed by atoms with van der Waals surface area (Å²) >= 11 is 0. The van der Waals surface area contributed by atoms with Crippen LogP contribution in [0.3, 0.4) is 0 Å². The molecule has 0 spiro atoms. The van der Waals surface area contributed by atoms with E-state index in [-0.39, 0.29) is 0 Å². The maximum absolute atomic E-state index is 9.95. The zero-order valence-electron chi connectivity index (χ0n) is 19.2. The van der Waals surface area contributed by atoms with Crippen molar-refractivity contribution in [1.82, 2.24) is 10.3 Å². The summed E-state index contributed by atoms with van der Waals surface area (Å²) in [5, 5.41) is 3.39. The van der Waals surface area contributed by atoms with Gasteiger partial charge < -0.3 is 10.1 Å². The predicted molar refractivity (Wildman–Crippen MR) is 118 cm³/mol. The fraction of sp³-hybridized carbons (Fsp3) is 0.739. The van der Waals surface area contributed by atoms with Crippen LogP contribution < -0.4 is 5.32 Å². The lowest BCUT2D eigenvalue weighted by molar-refractivity contribution is -0.107. The second-order valence-electron chi connectivity index (χ2n) is 6.51. The second-order valence-corrected chi connectivity index (χ2v) is 6.51. The van der Waals surface area contributed by atoms with Crippen molar-refractivity contribution in [3.05, 3.63) is 30.1 Å². The minimum Gasteiger partial charge on any atom is -0.317 e. The summed E-state index contributed by atoms with van der Waals surface area (Å²) in [4.78, 5) is 13.8. The maximum atomic E-state index is 9.95. The van der Waals surface area contributed by atoms with E-state index in [0.29, 0.717) is 11.8 Å². The molecule has 1 aromatic heterocycles. The van der Waals surface area contributed by atoms with Gasteiger partial charge in [0.05, 0.1) is 0 Å². The van der Waals surface area contributed by atoms with E-state index in [4.69, 9.17) is 0 Å². The van der Waals surface area contributed by atoms with Crippen molar-refractivity contribution in [3.63, 3.8) is 0 Å². The number of hydrogen-bond donors (Lipinski definition) is 1. The molecule has 0 aromatic carbocycles. The Balaban J connectivity index is -0.000000319. The van der Waals surface area contributed by atoms with Gasteiger partial charge in [0.1, 0.15) is 6.29 Å². The van der Waals surface area contributed by atoms with Crippen molar-refractivity contribution in [2.45, 2.75) is 94.0 Å². The third-order valence-electron chi connectivity index (χ3n) is 4.13. The molecule has 0 radical (unpaired) electrons. The summed E-state index contributed by atoms with van der Waals surface area (Å²) in [6.45, 7) is 19.1. The van der Waals surface area contributed by atoms with Crippen molar-refractivity contribution in [3.8, 4) is 0 Å². The lowest BCUT2D eigenvalue weighted by Gasteiger charge is -2.39. The lowest BCUT2D eigenvalue weighted by Crippen LogP contribution is -2.39. The molecule has 2 unspecified atom stereocenters. The zero-order valence-corrected chi connectivity index (χ0v) is 19.2. The van der Waals surface area contributed by atoms with E-state index in [0.717, 1.165) is 23.8 Å². The Morgan fingerprint density at radius 3 is 2.00 bits per heavy atom. The van der Waals surface area contributed by atoms with Crippen LogP contribution in [0.4, 0.5) is 0 Å². The Bertz CT molecular complexity index is 390. The SMILES string of the molecule is CC.CC.CC.CNC1CCC(C)(C)CC1C.O=CCc1ccncc1. The highest BCUT2D eigenvalue weighted by Crippen LogP contribution is 2.38. The molecule has 2 atom stereocenters. The molecular weight excluding hydrogens is 320 g/mol. The van der Waals surface area contributed by atoms with Crippen molar-refractivity contribution in [2.75, 3.05) is 7.05 Å². The molecule has 1 saturated carbocycles. The van der Waals surface area contributed by atoms with Crippen LogP contribution in [0.25, 0.3) is 0 Å². The highest BCUT2D eigenvalue weighted by molar-refractivity contribution is 5.54. The van der Waals surface area contributed by atoms with Gasteiger partial charge in [0.25, 0.3) is 0 Å². The van der Waals surface area contributed by atoms with Gasteiger partial charge in [0, 0.05) is 24.9 Å². The van der Waals surface area contributed by atoms with Gasteiger partial charge in [-0.15, -0.1) is 0 Å². The third kappa shape index (κ3) is 15.1. The van der Waals surface area contributed by atoms with Crippen LogP contribution in [-0.2, 0) is 11.2 Å². The average Bonchev–Trinajstić information content (AvgIpc) is 2.68. The first-order chi connectivity index (χ1) is 12.5. The number of aldehydes is 1. The van der Waals surface area contributed by atoms with Gasteiger partial charge in [0.15, 0.2) is 0 Å². The van der Waals surface area contributed by atoms with E-state index in [2.05, 4.69) is 38.1 Å². The van der Waals surface area contributed by atoms with Crippen LogP contribution in [-0.4, -0.2) is 24.4 Å². The van der Waals surface area contributed by atoms with Crippen LogP contribution in [0.2, 0.25) is 0 Å². The molecule has 3 heteroatoms. The number of nitrogens with zero attached hydrogens (tertiary/aromatic N) is 1. The molecule has 0 aliphatic heterocycles. The van der Waals surface area contributed by atoms with Crippen molar-refractivity contribution >= 4 is 6.29 Å². The van der Waals surface area contributed by atoms with Gasteiger partial charge in [-0.3, -0.25) is 4.98 Å². The largest absolute Gasteiger partial charge is 0.317 e. The molecule has 0 amide bonds. The smallest absolute Gasteiger partial charge is 0.124 e. The molecule has 3 nitrogen and oxygen atoms in total. The Hall–Kier alpha value is -1.22. The summed E-state index contributed by atoms with van der Waals surface area (Å²) < 4.78 is 0. The van der Waals surface area contributed by atoms with Gasteiger partial charge in [0.2, 0.25) is 0 Å². The van der Waals surface area contributed by atoms with Crippen LogP contribution >= 0.6 is 0 Å². The minimum atomic E-state index is 0.489. The molecule has 0 bridgehead atoms. The molecule has 1 aliphatic carbocycles. The quantitative estimate of drug-likeness (QED) is 0.636. The van der Waals surface area contributed by atoms with E-state index in [1.54, 1.807) is 12.4 Å². The molecule has 1 fully saturated rings. The van der Waals surface area contributed by atoms with Crippen LogP contribution in [0.5, 0.6) is 0 Å². The zero-order chi connectivity index (χ0) is 21.0. The van der Waals surface area contributed by atoms with Gasteiger partial charge >= 0.3 is 0 Å². The summed E-state index contributed by atoms with van der Waals surface area (Å²) in [5.41, 5.74) is 1.60. The fourth-order valence-corrected chi connectivity index (χ4v) is 2.99. The van der Waals surface area contributed by atoms with Gasteiger partial charge in [-0.1, -0.05) is 62.3 Å². The van der Waals surface area contributed by atoms with Crippen molar-refractivity contribution < 1.29 is 4.79 Å². The van der Waals surface area contributed by atoms with Crippen LogP contribution in [0.15, 0.2) is 24.5 Å². The molecule has 0 saturated heterocycles. The Labute approximate surface area is 164 Å². The number of pyridine rings is 1. The Morgan fingerprint density at radius 1 is 1.12 bits per heavy atom. The first-order valence-corrected chi connectivity index (χ1v) is 10.5. The number of carbonyl (C=O) groups is 1. The van der Waals surface area contributed by atoms with Crippen molar-refractivity contribution in [1.29, 1.82) is 0 Å². The van der Waals surface area contributed by atoms with E-state index in [1.807, 2.05) is 53.7 Å². The molecule has 1 aliphatic rings. The highest BCUT2D eigenvalue weighted by atomic mass is 16.1. The van der Waals surface area contributed by atoms with E-state index in [9.17, 15) is 4.79 Å².